The maximum Gasteiger partial charge on any atom is 0.340 e. The number of phenolic OH excluding ortho intramolecular Hbond substituents is 1. The Hall–Kier alpha value is -11.7. The van der Waals surface area contributed by atoms with Crippen LogP contribution in [-0.2, 0) is 91.2 Å². The first kappa shape index (κ1) is 78.3. The molecule has 542 valence electrons. The van der Waals surface area contributed by atoms with E-state index in [-0.39, 0.29) is 100 Å². The van der Waals surface area contributed by atoms with Crippen molar-refractivity contribution < 1.29 is 76.9 Å². The molecule has 2 aromatic heterocycles. The number of nitrogens with two attached hydrogens (primary N) is 5. The molecular formula is C65H85N19O16S. The average Bonchev–Trinajstić information content (AvgIpc) is 1.61. The Kier molecular flexibility index (Phi) is 29.3. The van der Waals surface area contributed by atoms with E-state index < -0.39 is 150 Å². The number of amides is 11. The Labute approximate surface area is 582 Å². The summed E-state index contributed by atoms with van der Waals surface area (Å²) in [5.74, 6) is -13.8. The van der Waals surface area contributed by atoms with Crippen LogP contribution in [0.25, 0.3) is 27.2 Å². The number of aromatic nitrogens is 2. The minimum absolute atomic E-state index is 0.00408. The number of aromatic hydroxyl groups is 1. The van der Waals surface area contributed by atoms with Crippen LogP contribution in [0.5, 0.6) is 5.75 Å². The van der Waals surface area contributed by atoms with Crippen molar-refractivity contribution in [1.82, 2.24) is 62.7 Å². The SMILES string of the molecule is COC(=O)/C=C(\C(=O)OC)c1c2ccccc2c2n1CCCC[C@@H](C(=O)N[C@@H](CC(N)=O)C(N)=O)NC(=O)[C@@H](NC(=O)[C@H](CCCNC(=N)N)NC(=O)[C@H](Cc1c[nH]c3ccccc13)NC(=O)[C@H](CCCNC(=N)N)NC(=O)[C@H](Cc1ccc(O)cc1)NC(=O)[C@H](CC(N)=O)NC(C)=O)CS2. The zero-order valence-corrected chi connectivity index (χ0v) is 56.4. The molecule has 0 bridgehead atoms. The number of nitrogens with one attached hydrogen (secondary N) is 13. The number of nitrogens with zero attached hydrogens (tertiary/aromatic N) is 1. The van der Waals surface area contributed by atoms with Crippen LogP contribution < -0.4 is 81.8 Å². The number of H-pyrrole nitrogens is 1. The summed E-state index contributed by atoms with van der Waals surface area (Å²) in [4.78, 5) is 182. The third-order valence-electron chi connectivity index (χ3n) is 16.0. The number of phenols is 1. The fourth-order valence-electron chi connectivity index (χ4n) is 11.1. The Morgan fingerprint density at radius 2 is 1.20 bits per heavy atom. The van der Waals surface area contributed by atoms with E-state index in [9.17, 15) is 48.3 Å². The monoisotopic (exact) mass is 1420 g/mol. The average molecular weight is 1420 g/mol. The molecule has 0 spiro atoms. The lowest BCUT2D eigenvalue weighted by Gasteiger charge is -2.28. The minimum Gasteiger partial charge on any atom is -0.508 e. The van der Waals surface area contributed by atoms with Gasteiger partial charge in [-0.3, -0.25) is 63.6 Å². The molecule has 0 unspecified atom stereocenters. The smallest absolute Gasteiger partial charge is 0.340 e. The molecular weight excluding hydrogens is 1330 g/mol. The van der Waals surface area contributed by atoms with Crippen molar-refractivity contribution in [2.24, 2.45) is 28.7 Å². The van der Waals surface area contributed by atoms with Crippen LogP contribution in [0.1, 0.15) is 81.5 Å². The third-order valence-corrected chi connectivity index (χ3v) is 17.2. The number of primary amides is 3. The molecule has 1 aliphatic heterocycles. The van der Waals surface area contributed by atoms with Crippen LogP contribution >= 0.6 is 11.8 Å². The second-order valence-electron chi connectivity index (χ2n) is 23.6. The summed E-state index contributed by atoms with van der Waals surface area (Å²) in [7, 11) is 2.24. The van der Waals surface area contributed by atoms with Gasteiger partial charge in [-0.05, 0) is 74.3 Å². The second-order valence-corrected chi connectivity index (χ2v) is 24.6. The summed E-state index contributed by atoms with van der Waals surface area (Å²) in [5, 5.41) is 53.7. The number of aromatic amines is 1. The molecule has 5 aromatic rings. The van der Waals surface area contributed by atoms with Crippen LogP contribution in [-0.4, -0.2) is 185 Å². The summed E-state index contributed by atoms with van der Waals surface area (Å²) >= 11 is 1.03. The van der Waals surface area contributed by atoms with Crippen LogP contribution in [0.15, 0.2) is 90.1 Å². The lowest BCUT2D eigenvalue weighted by Crippen LogP contribution is -2.61. The molecule has 35 nitrogen and oxygen atoms in total. The van der Waals surface area contributed by atoms with Gasteiger partial charge in [-0.25, -0.2) is 9.59 Å². The van der Waals surface area contributed by atoms with Gasteiger partial charge in [0.1, 0.15) is 54.1 Å². The highest BCUT2D eigenvalue weighted by Crippen LogP contribution is 2.38. The molecule has 6 rings (SSSR count). The van der Waals surface area contributed by atoms with E-state index >= 15 is 19.2 Å². The summed E-state index contributed by atoms with van der Waals surface area (Å²) in [6.07, 6.45) is 0.490. The van der Waals surface area contributed by atoms with Crippen molar-refractivity contribution in [3.63, 3.8) is 0 Å². The van der Waals surface area contributed by atoms with Gasteiger partial charge in [0.15, 0.2) is 11.9 Å². The number of rotatable bonds is 33. The second kappa shape index (κ2) is 37.9. The zero-order valence-electron chi connectivity index (χ0n) is 55.6. The number of carbonyl (C=O) groups is 13. The first-order valence-electron chi connectivity index (χ1n) is 31.9. The van der Waals surface area contributed by atoms with E-state index in [1.54, 1.807) is 59.3 Å². The molecule has 0 fully saturated rings. The molecule has 8 atom stereocenters. The van der Waals surface area contributed by atoms with E-state index in [2.05, 4.69) is 58.2 Å². The molecule has 0 saturated carbocycles. The number of ether oxygens (including phenoxy) is 2. The number of fused-ring (bicyclic) bond motifs is 4. The predicted octanol–water partition coefficient (Wildman–Crippen LogP) is -3.02. The molecule has 0 radical (unpaired) electrons. The summed E-state index contributed by atoms with van der Waals surface area (Å²) in [6.45, 7) is 1.17. The number of hydrogen-bond donors (Lipinski definition) is 19. The molecule has 11 amide bonds. The van der Waals surface area contributed by atoms with Crippen molar-refractivity contribution in [2.75, 3.05) is 33.1 Å². The third kappa shape index (κ3) is 23.5. The van der Waals surface area contributed by atoms with Gasteiger partial charge in [-0.15, -0.1) is 11.8 Å². The van der Waals surface area contributed by atoms with Gasteiger partial charge < -0.3 is 106 Å². The van der Waals surface area contributed by atoms with Gasteiger partial charge in [0.25, 0.3) is 0 Å². The van der Waals surface area contributed by atoms with Crippen LogP contribution in [0.3, 0.4) is 0 Å². The molecule has 0 saturated heterocycles. The highest BCUT2D eigenvalue weighted by atomic mass is 32.2. The maximum absolute atomic E-state index is 15.3. The largest absolute Gasteiger partial charge is 0.508 e. The van der Waals surface area contributed by atoms with Gasteiger partial charge in [0.2, 0.25) is 65.0 Å². The van der Waals surface area contributed by atoms with Gasteiger partial charge in [-0.2, -0.15) is 0 Å². The fourth-order valence-corrected chi connectivity index (χ4v) is 12.3. The highest BCUT2D eigenvalue weighted by molar-refractivity contribution is 7.99. The quantitative estimate of drug-likeness (QED) is 0.00653. The number of benzene rings is 3. The van der Waals surface area contributed by atoms with Gasteiger partial charge in [0.05, 0.1) is 43.4 Å². The minimum atomic E-state index is -1.64. The Morgan fingerprint density at radius 1 is 0.653 bits per heavy atom. The Morgan fingerprint density at radius 3 is 1.77 bits per heavy atom. The number of thioether (sulfide) groups is 1. The summed E-state index contributed by atoms with van der Waals surface area (Å²) < 4.78 is 11.8. The van der Waals surface area contributed by atoms with Gasteiger partial charge in [-0.1, -0.05) is 54.6 Å². The number of para-hydroxylation sites is 1. The molecule has 3 heterocycles. The van der Waals surface area contributed by atoms with E-state index in [0.29, 0.717) is 37.8 Å². The number of esters is 2. The first-order chi connectivity index (χ1) is 48.1. The normalized spacial score (nSPS) is 15.8. The van der Waals surface area contributed by atoms with Crippen molar-refractivity contribution in [2.45, 2.75) is 137 Å². The standard InChI is InChI=1S/C65H85N19O16S/c1-33(85)76-48(30-51(67)88)60(96)81-46(26-34-19-21-36(86)22-20-34)58(94)77-43(17-10-23-73-64(69)70)56(92)82-47(27-35-31-75-41-15-7-6-12-37(35)41)59(95)78-44(18-11-24-74-65(71)72)57(93)83-49-32-101-62-39-14-5-4-13-38(39)53(40(63(98)100-3)28-52(89)99-2)84(62)25-9-8-16-42(79-61(49)97)55(91)80-45(54(68)90)29-50(66)87/h4-7,12-15,19-22,28,31,42-49,75,86H,8-11,16-18,23-27,29-30,32H2,1-3H3,(H2,66,87)(H2,67,88)(H2,68,90)(H,76,85)(H,77,94)(H,78,95)(H,79,97)(H,80,91)(H,81,96)(H,82,92)(H,83,93)(H4,69,70,73)(H4,71,72,74)/b40-28-/t42-,43-,44-,45-,46-,47-,48-,49-/m0/s1. The predicted molar refractivity (Wildman–Crippen MR) is 369 cm³/mol. The lowest BCUT2D eigenvalue weighted by molar-refractivity contribution is -0.136. The van der Waals surface area contributed by atoms with Crippen molar-refractivity contribution in [3.8, 4) is 5.75 Å². The van der Waals surface area contributed by atoms with E-state index in [0.717, 1.165) is 39.0 Å². The van der Waals surface area contributed by atoms with Gasteiger partial charge in [0, 0.05) is 79.1 Å². The lowest BCUT2D eigenvalue weighted by atomic mass is 10.0. The first-order valence-corrected chi connectivity index (χ1v) is 32.9. The summed E-state index contributed by atoms with van der Waals surface area (Å²) in [6, 6.07) is 6.75. The zero-order chi connectivity index (χ0) is 74.0. The molecule has 24 N–H and O–H groups in total. The van der Waals surface area contributed by atoms with Crippen LogP contribution in [0.2, 0.25) is 0 Å². The molecule has 0 aliphatic carbocycles. The number of guanidine groups is 2. The van der Waals surface area contributed by atoms with Crippen LogP contribution in [0.4, 0.5) is 0 Å². The molecule has 1 aliphatic rings. The van der Waals surface area contributed by atoms with Crippen LogP contribution in [0, 0.1) is 10.8 Å². The number of carbonyl (C=O) groups excluding carboxylic acids is 13. The topological polar surface area (TPSA) is 579 Å². The van der Waals surface area contributed by atoms with E-state index in [1.165, 1.54) is 24.3 Å². The number of methoxy groups -OCH3 is 2. The van der Waals surface area contributed by atoms with E-state index in [4.69, 9.17) is 49.0 Å². The Bertz CT molecular complexity index is 3930. The molecule has 36 heteroatoms. The highest BCUT2D eigenvalue weighted by Gasteiger charge is 2.37. The van der Waals surface area contributed by atoms with Crippen molar-refractivity contribution >= 4 is 128 Å². The van der Waals surface area contributed by atoms with Gasteiger partial charge >= 0.3 is 11.9 Å². The summed E-state index contributed by atoms with van der Waals surface area (Å²) in [5.41, 5.74) is 29.1. The van der Waals surface area contributed by atoms with Crippen molar-refractivity contribution in [3.05, 3.63) is 102 Å². The fraction of sp³-hybridized carbons (Fsp3) is 0.400. The van der Waals surface area contributed by atoms with Crippen molar-refractivity contribution in [1.29, 1.82) is 10.8 Å². The Balaban J connectivity index is 1.42. The maximum atomic E-state index is 15.3. The number of hydrogen-bond acceptors (Lipinski definition) is 19. The molecule has 3 aromatic carbocycles. The van der Waals surface area contributed by atoms with E-state index in [1.807, 2.05) is 0 Å². The molecule has 101 heavy (non-hydrogen) atoms.